The number of amides is 2. The number of carbonyl (C=O) groups excluding carboxylic acids is 2. The van der Waals surface area contributed by atoms with Crippen LogP contribution in [-0.2, 0) is 29.0 Å². The van der Waals surface area contributed by atoms with Gasteiger partial charge in [-0.3, -0.25) is 9.59 Å². The maximum absolute atomic E-state index is 14.7. The van der Waals surface area contributed by atoms with Crippen LogP contribution in [0.3, 0.4) is 0 Å². The van der Waals surface area contributed by atoms with Crippen molar-refractivity contribution in [3.05, 3.63) is 120 Å². The number of hydrogen-bond donors (Lipinski definition) is 1. The summed E-state index contributed by atoms with van der Waals surface area (Å²) in [4.78, 5) is 29.0. The van der Waals surface area contributed by atoms with Gasteiger partial charge in [0.05, 0.1) is 0 Å². The van der Waals surface area contributed by atoms with Gasteiger partial charge in [0.25, 0.3) is 0 Å². The van der Waals surface area contributed by atoms with Crippen LogP contribution in [0.25, 0.3) is 10.8 Å². The van der Waals surface area contributed by atoms with E-state index in [4.69, 9.17) is 0 Å². The monoisotopic (exact) mass is 510 g/mol. The van der Waals surface area contributed by atoms with E-state index in [1.807, 2.05) is 68.4 Å². The van der Waals surface area contributed by atoms with E-state index in [0.29, 0.717) is 24.9 Å². The van der Waals surface area contributed by atoms with Gasteiger partial charge in [0.1, 0.15) is 11.9 Å². The minimum Gasteiger partial charge on any atom is -0.354 e. The van der Waals surface area contributed by atoms with Gasteiger partial charge in [0, 0.05) is 31.5 Å². The summed E-state index contributed by atoms with van der Waals surface area (Å²) in [5.74, 6) is -0.530. The molecule has 0 spiro atoms. The molecule has 4 rings (SSSR count). The lowest BCUT2D eigenvalue weighted by molar-refractivity contribution is -0.141. The molecule has 5 heteroatoms. The minimum absolute atomic E-state index is 0.0215. The Bertz CT molecular complexity index is 1360. The topological polar surface area (TPSA) is 49.4 Å². The Kier molecular flexibility index (Phi) is 9.26. The maximum atomic E-state index is 14.7. The number of benzene rings is 4. The van der Waals surface area contributed by atoms with E-state index in [0.717, 1.165) is 21.9 Å². The Hall–Kier alpha value is -3.99. The predicted molar refractivity (Wildman–Crippen MR) is 151 cm³/mol. The summed E-state index contributed by atoms with van der Waals surface area (Å²) in [6, 6.07) is 29.5. The smallest absolute Gasteiger partial charge is 0.243 e. The van der Waals surface area contributed by atoms with E-state index >= 15 is 0 Å². The summed E-state index contributed by atoms with van der Waals surface area (Å²) < 4.78 is 14.7. The first-order valence-corrected chi connectivity index (χ1v) is 13.2. The highest BCUT2D eigenvalue weighted by atomic mass is 19.1. The zero-order valence-corrected chi connectivity index (χ0v) is 22.1. The zero-order chi connectivity index (χ0) is 26.9. The molecule has 4 aromatic rings. The van der Waals surface area contributed by atoms with Gasteiger partial charge < -0.3 is 10.2 Å². The predicted octanol–water partition coefficient (Wildman–Crippen LogP) is 6.32. The van der Waals surface area contributed by atoms with Gasteiger partial charge >= 0.3 is 0 Å². The molecule has 4 aromatic carbocycles. The molecule has 0 aliphatic heterocycles. The van der Waals surface area contributed by atoms with Crippen LogP contribution in [-0.4, -0.2) is 29.3 Å². The third-order valence-corrected chi connectivity index (χ3v) is 6.74. The van der Waals surface area contributed by atoms with Crippen LogP contribution in [0, 0.1) is 11.7 Å². The van der Waals surface area contributed by atoms with Crippen molar-refractivity contribution in [1.29, 1.82) is 0 Å². The van der Waals surface area contributed by atoms with Gasteiger partial charge in [0.15, 0.2) is 0 Å². The summed E-state index contributed by atoms with van der Waals surface area (Å²) in [6.07, 6.45) is 1.09. The number of halogens is 1. The molecular formula is C33H35FN2O2. The molecule has 1 unspecified atom stereocenters. The summed E-state index contributed by atoms with van der Waals surface area (Å²) >= 11 is 0. The number of nitrogens with zero attached hydrogens (tertiary/aromatic N) is 1. The van der Waals surface area contributed by atoms with Crippen molar-refractivity contribution in [2.24, 2.45) is 5.92 Å². The Morgan fingerprint density at radius 2 is 1.47 bits per heavy atom. The number of rotatable bonds is 11. The van der Waals surface area contributed by atoms with Gasteiger partial charge in [-0.05, 0) is 40.3 Å². The summed E-state index contributed by atoms with van der Waals surface area (Å²) in [6.45, 7) is 4.58. The third kappa shape index (κ3) is 7.06. The summed E-state index contributed by atoms with van der Waals surface area (Å²) in [7, 11) is 0. The minimum atomic E-state index is -0.768. The van der Waals surface area contributed by atoms with Gasteiger partial charge in [-0.25, -0.2) is 4.39 Å². The number of hydrogen-bond acceptors (Lipinski definition) is 2. The van der Waals surface area contributed by atoms with Crippen LogP contribution >= 0.6 is 0 Å². The first kappa shape index (κ1) is 27.1. The van der Waals surface area contributed by atoms with Crippen LogP contribution in [0.5, 0.6) is 0 Å². The van der Waals surface area contributed by atoms with Crippen molar-refractivity contribution in [2.45, 2.75) is 45.7 Å². The second-order valence-corrected chi connectivity index (χ2v) is 10.1. The van der Waals surface area contributed by atoms with Crippen molar-refractivity contribution < 1.29 is 14.0 Å². The molecule has 0 fully saturated rings. The Morgan fingerprint density at radius 1 is 0.816 bits per heavy atom. The third-order valence-electron chi connectivity index (χ3n) is 6.74. The van der Waals surface area contributed by atoms with E-state index in [1.54, 1.807) is 23.1 Å². The second kappa shape index (κ2) is 13.0. The van der Waals surface area contributed by atoms with Crippen LogP contribution in [0.15, 0.2) is 97.1 Å². The average molecular weight is 511 g/mol. The van der Waals surface area contributed by atoms with Gasteiger partial charge in [-0.1, -0.05) is 105 Å². The molecule has 0 saturated carbocycles. The van der Waals surface area contributed by atoms with Crippen molar-refractivity contribution >= 4 is 22.6 Å². The van der Waals surface area contributed by atoms with Crippen LogP contribution in [0.2, 0.25) is 0 Å². The van der Waals surface area contributed by atoms with Crippen LogP contribution < -0.4 is 5.32 Å². The second-order valence-electron chi connectivity index (χ2n) is 10.1. The molecule has 0 bridgehead atoms. The van der Waals surface area contributed by atoms with Gasteiger partial charge in [0.2, 0.25) is 11.8 Å². The first-order chi connectivity index (χ1) is 18.4. The molecule has 0 heterocycles. The molecule has 4 nitrogen and oxygen atoms in total. The quantitative estimate of drug-likeness (QED) is 0.257. The van der Waals surface area contributed by atoms with Crippen molar-refractivity contribution in [3.63, 3.8) is 0 Å². The molecule has 0 aromatic heterocycles. The molecule has 1 atom stereocenters. The lowest BCUT2D eigenvalue weighted by Gasteiger charge is -2.32. The number of fused-ring (bicyclic) bond motifs is 1. The first-order valence-electron chi connectivity index (χ1n) is 13.2. The van der Waals surface area contributed by atoms with Crippen LogP contribution in [0.1, 0.15) is 37.0 Å². The lowest BCUT2D eigenvalue weighted by Crippen LogP contribution is -2.51. The Morgan fingerprint density at radius 3 is 2.24 bits per heavy atom. The molecule has 0 radical (unpaired) electrons. The normalized spacial score (nSPS) is 11.9. The molecule has 0 aliphatic rings. The van der Waals surface area contributed by atoms with Gasteiger partial charge in [-0.15, -0.1) is 0 Å². The Labute approximate surface area is 224 Å². The van der Waals surface area contributed by atoms with E-state index in [9.17, 15) is 14.0 Å². The lowest BCUT2D eigenvalue weighted by atomic mass is 9.99. The number of carbonyl (C=O) groups is 2. The molecule has 38 heavy (non-hydrogen) atoms. The fourth-order valence-corrected chi connectivity index (χ4v) is 4.68. The van der Waals surface area contributed by atoms with E-state index in [-0.39, 0.29) is 36.5 Å². The van der Waals surface area contributed by atoms with Gasteiger partial charge in [-0.2, -0.15) is 0 Å². The fraction of sp³-hybridized carbons (Fsp3) is 0.273. The average Bonchev–Trinajstić information content (AvgIpc) is 2.93. The molecule has 2 amide bonds. The number of aryl methyl sites for hydroxylation is 1. The summed E-state index contributed by atoms with van der Waals surface area (Å²) in [5.41, 5.74) is 2.41. The highest BCUT2D eigenvalue weighted by molar-refractivity contribution is 5.89. The molecule has 1 N–H and O–H groups in total. The van der Waals surface area contributed by atoms with E-state index in [1.165, 1.54) is 6.07 Å². The van der Waals surface area contributed by atoms with Crippen molar-refractivity contribution in [3.8, 4) is 0 Å². The SMILES string of the molecule is CC(C)CNC(=O)C(Cc1ccccc1)N(Cc1ccccc1F)C(=O)CCc1cccc2ccccc12. The largest absolute Gasteiger partial charge is 0.354 e. The molecular weight excluding hydrogens is 475 g/mol. The highest BCUT2D eigenvalue weighted by Gasteiger charge is 2.30. The number of nitrogens with one attached hydrogen (secondary N) is 1. The van der Waals surface area contributed by atoms with Crippen LogP contribution in [0.4, 0.5) is 4.39 Å². The Balaban J connectivity index is 1.64. The molecule has 0 aliphatic carbocycles. The fourth-order valence-electron chi connectivity index (χ4n) is 4.68. The van der Waals surface area contributed by atoms with E-state index in [2.05, 4.69) is 23.5 Å². The standard InChI is InChI=1S/C33H35FN2O2/c1-24(2)22-35-33(38)31(21-25-11-4-3-5-12-25)36(23-28-14-7-9-18-30(28)34)32(37)20-19-27-16-10-15-26-13-6-8-17-29(26)27/h3-18,24,31H,19-23H2,1-2H3,(H,35,38). The molecule has 0 saturated heterocycles. The van der Waals surface area contributed by atoms with Crippen molar-refractivity contribution in [2.75, 3.05) is 6.54 Å². The maximum Gasteiger partial charge on any atom is 0.243 e. The zero-order valence-electron chi connectivity index (χ0n) is 22.1. The molecule has 196 valence electrons. The van der Waals surface area contributed by atoms with E-state index < -0.39 is 6.04 Å². The summed E-state index contributed by atoms with van der Waals surface area (Å²) in [5, 5.41) is 5.24. The highest BCUT2D eigenvalue weighted by Crippen LogP contribution is 2.22. The van der Waals surface area contributed by atoms with Crippen molar-refractivity contribution in [1.82, 2.24) is 10.2 Å².